The molecule has 3 nitrogen and oxygen atoms in total. The van der Waals surface area contributed by atoms with Gasteiger partial charge in [-0.1, -0.05) is 39.0 Å². The van der Waals surface area contributed by atoms with Crippen LogP contribution in [0.2, 0.25) is 0 Å². The SMILES string of the molecule is CC12CCC(c3c1nc1ccccc1c3N1CCOCC1)C2(C)C. The molecule has 0 N–H and O–H groups in total. The zero-order chi connectivity index (χ0) is 16.5. The van der Waals surface area contributed by atoms with Crippen molar-refractivity contribution in [1.82, 2.24) is 4.98 Å². The van der Waals surface area contributed by atoms with E-state index in [2.05, 4.69) is 49.9 Å². The third-order valence-corrected chi connectivity index (χ3v) is 7.33. The number of rotatable bonds is 1. The molecule has 0 spiro atoms. The van der Waals surface area contributed by atoms with Crippen molar-refractivity contribution in [1.29, 1.82) is 0 Å². The minimum absolute atomic E-state index is 0.206. The number of hydrogen-bond acceptors (Lipinski definition) is 3. The Morgan fingerprint density at radius 3 is 2.67 bits per heavy atom. The van der Waals surface area contributed by atoms with E-state index in [0.29, 0.717) is 11.3 Å². The highest BCUT2D eigenvalue weighted by atomic mass is 16.5. The Morgan fingerprint density at radius 1 is 1.12 bits per heavy atom. The van der Waals surface area contributed by atoms with Crippen LogP contribution >= 0.6 is 0 Å². The highest BCUT2D eigenvalue weighted by molar-refractivity contribution is 5.95. The molecule has 1 aromatic heterocycles. The van der Waals surface area contributed by atoms with Crippen molar-refractivity contribution in [2.45, 2.75) is 44.9 Å². The summed E-state index contributed by atoms with van der Waals surface area (Å²) in [6.45, 7) is 11.0. The summed E-state index contributed by atoms with van der Waals surface area (Å²) < 4.78 is 5.62. The first-order chi connectivity index (χ1) is 11.5. The van der Waals surface area contributed by atoms with Gasteiger partial charge < -0.3 is 9.64 Å². The van der Waals surface area contributed by atoms with Crippen LogP contribution in [0.25, 0.3) is 10.9 Å². The van der Waals surface area contributed by atoms with E-state index in [1.54, 1.807) is 5.56 Å². The largest absolute Gasteiger partial charge is 0.378 e. The Bertz CT molecular complexity index is 822. The summed E-state index contributed by atoms with van der Waals surface area (Å²) in [5.41, 5.74) is 6.04. The molecule has 2 unspecified atom stereocenters. The molecule has 126 valence electrons. The molecule has 2 heterocycles. The van der Waals surface area contributed by atoms with E-state index in [1.165, 1.54) is 29.6 Å². The second kappa shape index (κ2) is 4.72. The summed E-state index contributed by atoms with van der Waals surface area (Å²) in [7, 11) is 0. The van der Waals surface area contributed by atoms with Crippen LogP contribution in [-0.4, -0.2) is 31.3 Å². The highest BCUT2D eigenvalue weighted by Gasteiger charge is 2.61. The minimum Gasteiger partial charge on any atom is -0.378 e. The van der Waals surface area contributed by atoms with Gasteiger partial charge in [0.1, 0.15) is 0 Å². The van der Waals surface area contributed by atoms with Crippen molar-refractivity contribution in [2.24, 2.45) is 5.41 Å². The van der Waals surface area contributed by atoms with Gasteiger partial charge in [0.05, 0.1) is 30.1 Å². The Kier molecular flexibility index (Phi) is 2.90. The van der Waals surface area contributed by atoms with Gasteiger partial charge in [-0.25, -0.2) is 0 Å². The predicted molar refractivity (Wildman–Crippen MR) is 97.9 cm³/mol. The van der Waals surface area contributed by atoms with Crippen molar-refractivity contribution < 1.29 is 4.74 Å². The lowest BCUT2D eigenvalue weighted by atomic mass is 9.70. The van der Waals surface area contributed by atoms with Crippen molar-refractivity contribution in [2.75, 3.05) is 31.2 Å². The average molecular weight is 322 g/mol. The molecular weight excluding hydrogens is 296 g/mol. The third kappa shape index (κ3) is 1.64. The summed E-state index contributed by atoms with van der Waals surface area (Å²) in [4.78, 5) is 7.77. The number of para-hydroxylation sites is 1. The Morgan fingerprint density at radius 2 is 1.88 bits per heavy atom. The van der Waals surface area contributed by atoms with Gasteiger partial charge in [-0.15, -0.1) is 0 Å². The van der Waals surface area contributed by atoms with Crippen LogP contribution in [0.3, 0.4) is 0 Å². The number of nitrogens with zero attached hydrogens (tertiary/aromatic N) is 2. The lowest BCUT2D eigenvalue weighted by molar-refractivity contribution is 0.122. The number of ether oxygens (including phenoxy) is 1. The zero-order valence-electron chi connectivity index (χ0n) is 14.9. The van der Waals surface area contributed by atoms with Gasteiger partial charge in [0.15, 0.2) is 0 Å². The van der Waals surface area contributed by atoms with Crippen LogP contribution in [0, 0.1) is 5.41 Å². The molecule has 1 saturated carbocycles. The van der Waals surface area contributed by atoms with Crippen LogP contribution in [0.15, 0.2) is 24.3 Å². The van der Waals surface area contributed by atoms with Gasteiger partial charge in [0.2, 0.25) is 0 Å². The summed E-state index contributed by atoms with van der Waals surface area (Å²) in [6.07, 6.45) is 2.57. The number of morpholine rings is 1. The second-order valence-corrected chi connectivity index (χ2v) is 8.48. The first-order valence-corrected chi connectivity index (χ1v) is 9.30. The molecule has 1 aliphatic heterocycles. The monoisotopic (exact) mass is 322 g/mol. The van der Waals surface area contributed by atoms with E-state index in [1.807, 2.05) is 0 Å². The average Bonchev–Trinajstić information content (AvgIpc) is 2.93. The predicted octanol–water partition coefficient (Wildman–Crippen LogP) is 4.25. The zero-order valence-corrected chi connectivity index (χ0v) is 14.9. The topological polar surface area (TPSA) is 25.4 Å². The molecule has 5 rings (SSSR count). The molecule has 0 radical (unpaired) electrons. The smallest absolute Gasteiger partial charge is 0.0726 e. The van der Waals surface area contributed by atoms with Gasteiger partial charge in [-0.05, 0) is 30.2 Å². The second-order valence-electron chi connectivity index (χ2n) is 8.48. The molecule has 1 aromatic carbocycles. The Hall–Kier alpha value is -1.61. The standard InChI is InChI=1S/C21H26N2O/c1-20(2)15-8-9-21(20,3)19-17(15)18(23-10-12-24-13-11-23)14-6-4-5-7-16(14)22-19/h4-7,15H,8-13H2,1-3H3. The Labute approximate surface area is 144 Å². The van der Waals surface area contributed by atoms with Crippen LogP contribution < -0.4 is 4.90 Å². The van der Waals surface area contributed by atoms with Crippen molar-refractivity contribution >= 4 is 16.6 Å². The van der Waals surface area contributed by atoms with Crippen LogP contribution in [0.5, 0.6) is 0 Å². The summed E-state index contributed by atoms with van der Waals surface area (Å²) >= 11 is 0. The lowest BCUT2D eigenvalue weighted by Gasteiger charge is -2.34. The molecule has 3 aliphatic rings. The van der Waals surface area contributed by atoms with Crippen LogP contribution in [0.1, 0.15) is 50.8 Å². The van der Waals surface area contributed by atoms with E-state index >= 15 is 0 Å². The molecule has 2 aromatic rings. The number of pyridine rings is 1. The fraction of sp³-hybridized carbons (Fsp3) is 0.571. The van der Waals surface area contributed by atoms with Crippen molar-refractivity contribution in [3.05, 3.63) is 35.5 Å². The van der Waals surface area contributed by atoms with Crippen LogP contribution in [0.4, 0.5) is 5.69 Å². The van der Waals surface area contributed by atoms with Gasteiger partial charge in [-0.2, -0.15) is 0 Å². The van der Waals surface area contributed by atoms with E-state index < -0.39 is 0 Å². The maximum absolute atomic E-state index is 5.62. The van der Waals surface area contributed by atoms with E-state index in [9.17, 15) is 0 Å². The van der Waals surface area contributed by atoms with Gasteiger partial charge in [0, 0.05) is 29.5 Å². The quantitative estimate of drug-likeness (QED) is 0.785. The summed E-state index contributed by atoms with van der Waals surface area (Å²) in [5, 5.41) is 1.32. The fourth-order valence-electron chi connectivity index (χ4n) is 5.52. The summed E-state index contributed by atoms with van der Waals surface area (Å²) in [6, 6.07) is 8.71. The molecule has 2 bridgehead atoms. The molecule has 2 fully saturated rings. The number of hydrogen-bond donors (Lipinski definition) is 0. The van der Waals surface area contributed by atoms with E-state index in [0.717, 1.165) is 31.8 Å². The number of aromatic nitrogens is 1. The van der Waals surface area contributed by atoms with E-state index in [4.69, 9.17) is 9.72 Å². The minimum atomic E-state index is 0.206. The molecule has 0 amide bonds. The molecule has 2 aliphatic carbocycles. The molecular formula is C21H26N2O. The van der Waals surface area contributed by atoms with E-state index in [-0.39, 0.29) is 5.41 Å². The molecule has 24 heavy (non-hydrogen) atoms. The Balaban J connectivity index is 1.84. The highest BCUT2D eigenvalue weighted by Crippen LogP contribution is 2.69. The third-order valence-electron chi connectivity index (χ3n) is 7.33. The normalized spacial score (nSPS) is 30.8. The fourth-order valence-corrected chi connectivity index (χ4v) is 5.52. The lowest BCUT2D eigenvalue weighted by Crippen LogP contribution is -2.37. The molecule has 1 saturated heterocycles. The first kappa shape index (κ1) is 14.7. The van der Waals surface area contributed by atoms with Crippen molar-refractivity contribution in [3.8, 4) is 0 Å². The van der Waals surface area contributed by atoms with Crippen molar-refractivity contribution in [3.63, 3.8) is 0 Å². The maximum Gasteiger partial charge on any atom is 0.0726 e. The van der Waals surface area contributed by atoms with Crippen LogP contribution in [-0.2, 0) is 10.2 Å². The first-order valence-electron chi connectivity index (χ1n) is 9.30. The van der Waals surface area contributed by atoms with Gasteiger partial charge >= 0.3 is 0 Å². The number of anilines is 1. The number of benzene rings is 1. The molecule has 2 atom stereocenters. The van der Waals surface area contributed by atoms with Gasteiger partial charge in [0.25, 0.3) is 0 Å². The molecule has 3 heteroatoms. The maximum atomic E-state index is 5.62. The van der Waals surface area contributed by atoms with Gasteiger partial charge in [-0.3, -0.25) is 4.98 Å². The number of fused-ring (bicyclic) bond motifs is 6. The summed E-state index contributed by atoms with van der Waals surface area (Å²) in [5.74, 6) is 0.632.